The summed E-state index contributed by atoms with van der Waals surface area (Å²) in [4.78, 5) is 0. The van der Waals surface area contributed by atoms with E-state index in [9.17, 15) is 0 Å². The second kappa shape index (κ2) is 14.0. The Morgan fingerprint density at radius 1 is 0.774 bits per heavy atom. The second-order valence-corrected chi connectivity index (χ2v) is 7.92. The third-order valence-electron chi connectivity index (χ3n) is 4.50. The summed E-state index contributed by atoms with van der Waals surface area (Å²) in [5.41, 5.74) is 2.31. The molecule has 0 aromatic heterocycles. The molecule has 2 N–H and O–H groups in total. The first kappa shape index (κ1) is 25.1. The monoisotopic (exact) mass is 430 g/mol. The summed E-state index contributed by atoms with van der Waals surface area (Å²) in [7, 11) is 1.65. The molecule has 0 atom stereocenters. The number of hydrogen-bond donors (Lipinski definition) is 2. The number of methoxy groups -OCH3 is 1. The maximum absolute atomic E-state index is 6.18. The van der Waals surface area contributed by atoms with Gasteiger partial charge in [-0.1, -0.05) is 12.1 Å². The Morgan fingerprint density at radius 2 is 1.42 bits per heavy atom. The summed E-state index contributed by atoms with van der Waals surface area (Å²) >= 11 is 0. The first-order chi connectivity index (χ1) is 15.0. The van der Waals surface area contributed by atoms with Crippen molar-refractivity contribution < 1.29 is 18.9 Å². The number of rotatable bonds is 15. The molecule has 0 fully saturated rings. The average Bonchev–Trinajstić information content (AvgIpc) is 2.74. The molecule has 0 saturated carbocycles. The Kier molecular flexibility index (Phi) is 11.4. The lowest BCUT2D eigenvalue weighted by molar-refractivity contribution is 0.0805. The molecule has 6 nitrogen and oxygen atoms in total. The van der Waals surface area contributed by atoms with Crippen molar-refractivity contribution in [1.82, 2.24) is 10.6 Å². The molecule has 0 bridgehead atoms. The van der Waals surface area contributed by atoms with Crippen molar-refractivity contribution in [3.63, 3.8) is 0 Å². The van der Waals surface area contributed by atoms with Gasteiger partial charge in [-0.2, -0.15) is 0 Å². The molecule has 0 amide bonds. The summed E-state index contributed by atoms with van der Waals surface area (Å²) < 4.78 is 22.7. The lowest BCUT2D eigenvalue weighted by Gasteiger charge is -2.15. The van der Waals surface area contributed by atoms with E-state index in [1.807, 2.05) is 58.0 Å². The van der Waals surface area contributed by atoms with Gasteiger partial charge in [-0.25, -0.2) is 0 Å². The van der Waals surface area contributed by atoms with Crippen molar-refractivity contribution >= 4 is 0 Å². The fraction of sp³-hybridized carbons (Fsp3) is 0.520. The van der Waals surface area contributed by atoms with E-state index in [0.717, 1.165) is 42.4 Å². The Hall–Kier alpha value is -2.12. The van der Waals surface area contributed by atoms with Crippen LogP contribution in [0, 0.1) is 0 Å². The summed E-state index contributed by atoms with van der Waals surface area (Å²) in [5.74, 6) is 2.35. The molecule has 2 rings (SSSR count). The van der Waals surface area contributed by atoms with Crippen molar-refractivity contribution in [2.45, 2.75) is 53.0 Å². The van der Waals surface area contributed by atoms with E-state index in [1.165, 1.54) is 5.56 Å². The standard InChI is InChI=1S/C25H38N2O4/c1-19(2)29-13-11-26-17-21-9-10-25(31-24-8-6-7-23(16-24)28-5)22(15-21)18-27-12-14-30-20(3)4/h6-10,15-16,19-20,26-27H,11-14,17-18H2,1-5H3. The fourth-order valence-electron chi connectivity index (χ4n) is 2.96. The molecule has 0 heterocycles. The van der Waals surface area contributed by atoms with Crippen molar-refractivity contribution in [3.05, 3.63) is 53.6 Å². The van der Waals surface area contributed by atoms with E-state index in [1.54, 1.807) is 7.11 Å². The molecule has 0 aliphatic rings. The first-order valence-corrected chi connectivity index (χ1v) is 11.1. The molecule has 0 aliphatic carbocycles. The van der Waals surface area contributed by atoms with E-state index in [4.69, 9.17) is 18.9 Å². The highest BCUT2D eigenvalue weighted by atomic mass is 16.5. The maximum Gasteiger partial charge on any atom is 0.131 e. The molecule has 0 aliphatic heterocycles. The minimum absolute atomic E-state index is 0.239. The highest BCUT2D eigenvalue weighted by Crippen LogP contribution is 2.28. The molecule has 2 aromatic carbocycles. The van der Waals surface area contributed by atoms with Crippen LogP contribution in [-0.2, 0) is 22.6 Å². The third kappa shape index (κ3) is 10.2. The largest absolute Gasteiger partial charge is 0.497 e. The smallest absolute Gasteiger partial charge is 0.131 e. The predicted octanol–water partition coefficient (Wildman–Crippen LogP) is 4.52. The summed E-state index contributed by atoms with van der Waals surface area (Å²) in [6.07, 6.45) is 0.495. The maximum atomic E-state index is 6.18. The highest BCUT2D eigenvalue weighted by Gasteiger charge is 2.08. The van der Waals surface area contributed by atoms with Gasteiger partial charge in [0, 0.05) is 37.8 Å². The van der Waals surface area contributed by atoms with Crippen LogP contribution in [0.25, 0.3) is 0 Å². The predicted molar refractivity (Wildman–Crippen MR) is 125 cm³/mol. The molecule has 2 aromatic rings. The topological polar surface area (TPSA) is 61.0 Å². The average molecular weight is 431 g/mol. The molecule has 172 valence electrons. The van der Waals surface area contributed by atoms with Crippen molar-refractivity contribution in [2.24, 2.45) is 0 Å². The van der Waals surface area contributed by atoms with Gasteiger partial charge in [-0.05, 0) is 57.5 Å². The number of hydrogen-bond acceptors (Lipinski definition) is 6. The zero-order valence-corrected chi connectivity index (χ0v) is 19.6. The minimum Gasteiger partial charge on any atom is -0.497 e. The third-order valence-corrected chi connectivity index (χ3v) is 4.50. The Morgan fingerprint density at radius 3 is 2.06 bits per heavy atom. The van der Waals surface area contributed by atoms with Gasteiger partial charge in [-0.3, -0.25) is 0 Å². The van der Waals surface area contributed by atoms with Gasteiger partial charge in [0.1, 0.15) is 17.2 Å². The normalized spacial score (nSPS) is 11.3. The number of ether oxygens (including phenoxy) is 4. The Bertz CT molecular complexity index is 765. The van der Waals surface area contributed by atoms with Crippen LogP contribution in [0.2, 0.25) is 0 Å². The first-order valence-electron chi connectivity index (χ1n) is 11.1. The van der Waals surface area contributed by atoms with Crippen LogP contribution in [-0.4, -0.2) is 45.6 Å². The molecular weight excluding hydrogens is 392 g/mol. The number of benzene rings is 2. The minimum atomic E-state index is 0.239. The van der Waals surface area contributed by atoms with E-state index >= 15 is 0 Å². The van der Waals surface area contributed by atoms with Gasteiger partial charge in [0.15, 0.2) is 0 Å². The van der Waals surface area contributed by atoms with Crippen molar-refractivity contribution in [1.29, 1.82) is 0 Å². The van der Waals surface area contributed by atoms with Crippen LogP contribution in [0.15, 0.2) is 42.5 Å². The summed E-state index contributed by atoms with van der Waals surface area (Å²) in [6.45, 7) is 12.7. The molecule has 0 unspecified atom stereocenters. The zero-order valence-electron chi connectivity index (χ0n) is 19.6. The second-order valence-electron chi connectivity index (χ2n) is 7.92. The van der Waals surface area contributed by atoms with Gasteiger partial charge in [0.05, 0.1) is 32.5 Å². The van der Waals surface area contributed by atoms with E-state index in [2.05, 4.69) is 22.8 Å². The van der Waals surface area contributed by atoms with Crippen molar-refractivity contribution in [2.75, 3.05) is 33.4 Å². The summed E-state index contributed by atoms with van der Waals surface area (Å²) in [5, 5.41) is 6.89. The van der Waals surface area contributed by atoms with E-state index in [-0.39, 0.29) is 12.2 Å². The van der Waals surface area contributed by atoms with Crippen LogP contribution in [0.1, 0.15) is 38.8 Å². The molecule has 0 radical (unpaired) electrons. The fourth-order valence-corrected chi connectivity index (χ4v) is 2.96. The molecule has 0 spiro atoms. The zero-order chi connectivity index (χ0) is 22.5. The summed E-state index contributed by atoms with van der Waals surface area (Å²) in [6, 6.07) is 14.0. The molecular formula is C25H38N2O4. The van der Waals surface area contributed by atoms with Gasteiger partial charge < -0.3 is 29.6 Å². The SMILES string of the molecule is COc1cccc(Oc2ccc(CNCCOC(C)C)cc2CNCCOC(C)C)c1. The van der Waals surface area contributed by atoms with Crippen molar-refractivity contribution in [3.8, 4) is 17.2 Å². The van der Waals surface area contributed by atoms with Gasteiger partial charge in [0.25, 0.3) is 0 Å². The van der Waals surface area contributed by atoms with E-state index in [0.29, 0.717) is 19.8 Å². The van der Waals surface area contributed by atoms with Gasteiger partial charge in [-0.15, -0.1) is 0 Å². The molecule has 6 heteroatoms. The Labute approximate surface area is 187 Å². The molecule has 31 heavy (non-hydrogen) atoms. The van der Waals surface area contributed by atoms with Gasteiger partial charge >= 0.3 is 0 Å². The van der Waals surface area contributed by atoms with E-state index < -0.39 is 0 Å². The van der Waals surface area contributed by atoms with Crippen LogP contribution in [0.3, 0.4) is 0 Å². The quantitative estimate of drug-likeness (QED) is 0.405. The Balaban J connectivity index is 2.01. The van der Waals surface area contributed by atoms with Gasteiger partial charge in [0.2, 0.25) is 0 Å². The highest BCUT2D eigenvalue weighted by molar-refractivity contribution is 5.42. The van der Waals surface area contributed by atoms with Crippen LogP contribution in [0.5, 0.6) is 17.2 Å². The van der Waals surface area contributed by atoms with Crippen LogP contribution in [0.4, 0.5) is 0 Å². The lowest BCUT2D eigenvalue weighted by Crippen LogP contribution is -2.22. The van der Waals surface area contributed by atoms with Crippen LogP contribution >= 0.6 is 0 Å². The lowest BCUT2D eigenvalue weighted by atomic mass is 10.1. The number of nitrogens with one attached hydrogen (secondary N) is 2. The molecule has 0 saturated heterocycles. The van der Waals surface area contributed by atoms with Crippen LogP contribution < -0.4 is 20.1 Å².